The zero-order valence-corrected chi connectivity index (χ0v) is 16.0. The largest absolute Gasteiger partial charge is 0.450 e. The van der Waals surface area contributed by atoms with E-state index in [1.54, 1.807) is 4.90 Å². The number of nitrogens with zero attached hydrogens (tertiary/aromatic N) is 2. The average molecular weight is 363 g/mol. The van der Waals surface area contributed by atoms with Gasteiger partial charge in [-0.1, -0.05) is 0 Å². The molecule has 1 amide bonds. The van der Waals surface area contributed by atoms with Gasteiger partial charge in [-0.15, -0.1) is 0 Å². The third-order valence-corrected chi connectivity index (χ3v) is 7.27. The molecule has 5 aliphatic rings. The van der Waals surface area contributed by atoms with Crippen LogP contribution in [0.15, 0.2) is 4.99 Å². The lowest BCUT2D eigenvalue weighted by atomic mass is 9.52. The summed E-state index contributed by atoms with van der Waals surface area (Å²) < 4.78 is 5.07. The van der Waals surface area contributed by atoms with Gasteiger partial charge in [0.1, 0.15) is 0 Å². The van der Waals surface area contributed by atoms with Crippen LogP contribution >= 0.6 is 0 Å². The lowest BCUT2D eigenvalue weighted by Gasteiger charge is -2.54. The minimum atomic E-state index is -0.200. The maximum atomic E-state index is 11.8. The van der Waals surface area contributed by atoms with E-state index in [-0.39, 0.29) is 6.09 Å². The van der Waals surface area contributed by atoms with E-state index in [1.807, 2.05) is 6.92 Å². The van der Waals surface area contributed by atoms with Crippen molar-refractivity contribution < 1.29 is 9.53 Å². The van der Waals surface area contributed by atoms with Gasteiger partial charge < -0.3 is 20.7 Å². The van der Waals surface area contributed by atoms with Crippen LogP contribution in [-0.4, -0.2) is 49.2 Å². The molecule has 26 heavy (non-hydrogen) atoms. The number of guanidine groups is 1. The fraction of sp³-hybridized carbons (Fsp3) is 0.900. The molecule has 4 aliphatic carbocycles. The molecule has 1 saturated heterocycles. The van der Waals surface area contributed by atoms with Crippen molar-refractivity contribution in [1.29, 1.82) is 0 Å². The van der Waals surface area contributed by atoms with E-state index >= 15 is 0 Å². The second-order valence-corrected chi connectivity index (χ2v) is 8.93. The van der Waals surface area contributed by atoms with Gasteiger partial charge in [0.05, 0.1) is 6.61 Å². The number of carbonyl (C=O) groups is 1. The van der Waals surface area contributed by atoms with Gasteiger partial charge >= 0.3 is 6.09 Å². The van der Waals surface area contributed by atoms with E-state index in [0.29, 0.717) is 18.6 Å². The summed E-state index contributed by atoms with van der Waals surface area (Å²) in [4.78, 5) is 18.3. The van der Waals surface area contributed by atoms with Crippen LogP contribution in [0.25, 0.3) is 0 Å². The Kier molecular flexibility index (Phi) is 5.28. The number of aliphatic imine (C=N–C) groups is 1. The average Bonchev–Trinajstić information content (AvgIpc) is 2.61. The van der Waals surface area contributed by atoms with Crippen molar-refractivity contribution in [2.75, 3.05) is 26.2 Å². The molecule has 0 spiro atoms. The summed E-state index contributed by atoms with van der Waals surface area (Å²) in [5.41, 5.74) is 6.18. The van der Waals surface area contributed by atoms with Crippen LogP contribution in [0.3, 0.4) is 0 Å². The van der Waals surface area contributed by atoms with Crippen molar-refractivity contribution in [1.82, 2.24) is 10.2 Å². The van der Waals surface area contributed by atoms with Crippen LogP contribution in [0.2, 0.25) is 0 Å². The quantitative estimate of drug-likeness (QED) is 0.595. The van der Waals surface area contributed by atoms with Gasteiger partial charge in [0.15, 0.2) is 5.96 Å². The molecule has 5 fully saturated rings. The molecule has 146 valence electrons. The summed E-state index contributed by atoms with van der Waals surface area (Å²) in [5.74, 6) is 5.17. The van der Waals surface area contributed by atoms with Gasteiger partial charge in [0.25, 0.3) is 0 Å². The van der Waals surface area contributed by atoms with Crippen molar-refractivity contribution >= 4 is 12.1 Å². The zero-order valence-electron chi connectivity index (χ0n) is 16.0. The summed E-state index contributed by atoms with van der Waals surface area (Å²) in [6.07, 6.45) is 8.84. The highest BCUT2D eigenvalue weighted by Crippen LogP contribution is 2.56. The van der Waals surface area contributed by atoms with E-state index in [2.05, 4.69) is 5.32 Å². The molecule has 0 atom stereocenters. The Hall–Kier alpha value is -1.46. The van der Waals surface area contributed by atoms with E-state index in [0.717, 1.165) is 62.1 Å². The van der Waals surface area contributed by atoms with E-state index in [4.69, 9.17) is 15.5 Å². The monoisotopic (exact) mass is 362 g/mol. The predicted octanol–water partition coefficient (Wildman–Crippen LogP) is 2.58. The first kappa shape index (κ1) is 17.9. The van der Waals surface area contributed by atoms with E-state index in [9.17, 15) is 4.79 Å². The highest BCUT2D eigenvalue weighted by atomic mass is 16.6. The normalized spacial score (nSPS) is 37.0. The molecule has 0 aromatic carbocycles. The maximum Gasteiger partial charge on any atom is 0.409 e. The van der Waals surface area contributed by atoms with Crippen LogP contribution in [0, 0.1) is 29.6 Å². The molecule has 0 radical (unpaired) electrons. The molecule has 0 aromatic rings. The molecule has 4 saturated carbocycles. The van der Waals surface area contributed by atoms with Crippen molar-refractivity contribution in [3.8, 4) is 0 Å². The SMILES string of the molecule is CCOC(=O)N1CCC(NC(N)=NCC2C3CC4CC(C3)CC2C4)CC1. The van der Waals surface area contributed by atoms with Gasteiger partial charge in [-0.2, -0.15) is 0 Å². The van der Waals surface area contributed by atoms with Crippen LogP contribution < -0.4 is 11.1 Å². The Morgan fingerprint density at radius 1 is 1.12 bits per heavy atom. The molecule has 0 aromatic heterocycles. The standard InChI is InChI=1S/C20H34N4O2/c1-2-26-20(25)24-5-3-17(4-6-24)23-19(21)22-12-18-15-8-13-7-14(10-15)11-16(18)9-13/h13-18H,2-12H2,1H3,(H3,21,22,23). The number of likely N-dealkylation sites (tertiary alicyclic amines) is 1. The van der Waals surface area contributed by atoms with Gasteiger partial charge in [0.2, 0.25) is 0 Å². The van der Waals surface area contributed by atoms with Crippen molar-refractivity contribution in [2.45, 2.75) is 57.9 Å². The topological polar surface area (TPSA) is 80.0 Å². The van der Waals surface area contributed by atoms with Crippen LogP contribution in [0.5, 0.6) is 0 Å². The number of piperidine rings is 1. The van der Waals surface area contributed by atoms with Crippen LogP contribution in [0.4, 0.5) is 4.79 Å². The van der Waals surface area contributed by atoms with Gasteiger partial charge in [-0.05, 0) is 81.5 Å². The number of hydrogen-bond acceptors (Lipinski definition) is 3. The first-order valence-corrected chi connectivity index (χ1v) is 10.6. The number of hydrogen-bond donors (Lipinski definition) is 2. The molecular weight excluding hydrogens is 328 g/mol. The fourth-order valence-electron chi connectivity index (χ4n) is 6.22. The lowest BCUT2D eigenvalue weighted by molar-refractivity contribution is -0.0320. The Balaban J connectivity index is 1.23. The summed E-state index contributed by atoms with van der Waals surface area (Å²) >= 11 is 0. The number of rotatable bonds is 4. The number of nitrogens with one attached hydrogen (secondary N) is 1. The molecule has 3 N–H and O–H groups in total. The minimum absolute atomic E-state index is 0.200. The number of ether oxygens (including phenoxy) is 1. The summed E-state index contributed by atoms with van der Waals surface area (Å²) in [7, 11) is 0. The molecule has 1 heterocycles. The molecule has 4 bridgehead atoms. The van der Waals surface area contributed by atoms with Crippen molar-refractivity contribution in [3.63, 3.8) is 0 Å². The third kappa shape index (κ3) is 3.79. The van der Waals surface area contributed by atoms with Crippen molar-refractivity contribution in [2.24, 2.45) is 40.3 Å². The second kappa shape index (κ2) is 7.65. The number of nitrogens with two attached hydrogens (primary N) is 1. The Morgan fingerprint density at radius 2 is 1.73 bits per heavy atom. The Bertz CT molecular complexity index is 514. The summed E-state index contributed by atoms with van der Waals surface area (Å²) in [5, 5.41) is 3.38. The van der Waals surface area contributed by atoms with Gasteiger partial charge in [-0.25, -0.2) is 4.79 Å². The predicted molar refractivity (Wildman–Crippen MR) is 102 cm³/mol. The summed E-state index contributed by atoms with van der Waals surface area (Å²) in [6.45, 7) is 4.61. The van der Waals surface area contributed by atoms with Gasteiger partial charge in [0, 0.05) is 25.7 Å². The van der Waals surface area contributed by atoms with Gasteiger partial charge in [-0.3, -0.25) is 4.99 Å². The zero-order chi connectivity index (χ0) is 18.1. The van der Waals surface area contributed by atoms with E-state index < -0.39 is 0 Å². The molecular formula is C20H34N4O2. The minimum Gasteiger partial charge on any atom is -0.450 e. The summed E-state index contributed by atoms with van der Waals surface area (Å²) in [6, 6.07) is 0.308. The molecule has 6 nitrogen and oxygen atoms in total. The molecule has 1 aliphatic heterocycles. The third-order valence-electron chi connectivity index (χ3n) is 7.27. The number of carbonyl (C=O) groups excluding carboxylic acids is 1. The first-order chi connectivity index (χ1) is 12.6. The number of amides is 1. The second-order valence-electron chi connectivity index (χ2n) is 8.93. The highest BCUT2D eigenvalue weighted by Gasteiger charge is 2.47. The van der Waals surface area contributed by atoms with Crippen LogP contribution in [-0.2, 0) is 4.74 Å². The Labute approximate surface area is 156 Å². The molecule has 5 rings (SSSR count). The first-order valence-electron chi connectivity index (χ1n) is 10.6. The smallest absolute Gasteiger partial charge is 0.409 e. The fourth-order valence-corrected chi connectivity index (χ4v) is 6.22. The molecule has 6 heteroatoms. The van der Waals surface area contributed by atoms with Crippen molar-refractivity contribution in [3.05, 3.63) is 0 Å². The molecule has 0 unspecified atom stereocenters. The van der Waals surface area contributed by atoms with E-state index in [1.165, 1.54) is 32.1 Å². The Morgan fingerprint density at radius 3 is 2.31 bits per heavy atom. The highest BCUT2D eigenvalue weighted by molar-refractivity contribution is 5.78. The van der Waals surface area contributed by atoms with Crippen LogP contribution in [0.1, 0.15) is 51.9 Å². The lowest BCUT2D eigenvalue weighted by Crippen LogP contribution is -2.49. The maximum absolute atomic E-state index is 11.8.